The van der Waals surface area contributed by atoms with Gasteiger partial charge < -0.3 is 9.84 Å². The summed E-state index contributed by atoms with van der Waals surface area (Å²) < 4.78 is 6.72. The second-order valence-electron chi connectivity index (χ2n) is 8.44. The van der Waals surface area contributed by atoms with Crippen molar-refractivity contribution in [3.05, 3.63) is 70.1 Å². The summed E-state index contributed by atoms with van der Waals surface area (Å²) in [5.41, 5.74) is 2.52. The highest BCUT2D eigenvalue weighted by Gasteiger charge is 2.23. The van der Waals surface area contributed by atoms with Gasteiger partial charge in [0.1, 0.15) is 18.0 Å². The van der Waals surface area contributed by atoms with E-state index in [9.17, 15) is 9.59 Å². The molecule has 0 bridgehead atoms. The number of hydrogen-bond donors (Lipinski definition) is 1. The Bertz CT molecular complexity index is 1140. The average molecular weight is 468 g/mol. The van der Waals surface area contributed by atoms with E-state index in [0.29, 0.717) is 41.4 Å². The molecule has 1 saturated carbocycles. The van der Waals surface area contributed by atoms with Crippen molar-refractivity contribution in [1.82, 2.24) is 14.8 Å². The molecule has 0 atom stereocenters. The van der Waals surface area contributed by atoms with Gasteiger partial charge in [-0.3, -0.25) is 0 Å². The molecule has 0 spiro atoms. The Morgan fingerprint density at radius 2 is 1.61 bits per heavy atom. The van der Waals surface area contributed by atoms with Crippen LogP contribution in [0.4, 0.5) is 0 Å². The van der Waals surface area contributed by atoms with Crippen molar-refractivity contribution in [2.75, 3.05) is 13.2 Å². The zero-order valence-electron chi connectivity index (χ0n) is 18.2. The number of carbonyl (C=O) groups is 1. The lowest BCUT2D eigenvalue weighted by molar-refractivity contribution is -0.142. The van der Waals surface area contributed by atoms with Crippen molar-refractivity contribution >= 4 is 17.6 Å². The van der Waals surface area contributed by atoms with E-state index < -0.39 is 5.97 Å². The maximum atomic E-state index is 12.9. The smallest absolute Gasteiger partial charge is 0.364 e. The summed E-state index contributed by atoms with van der Waals surface area (Å²) in [7, 11) is 0. The van der Waals surface area contributed by atoms with Gasteiger partial charge in [-0.25, -0.2) is 14.3 Å². The van der Waals surface area contributed by atoms with Gasteiger partial charge >= 0.3 is 11.7 Å². The molecule has 3 aromatic rings. The van der Waals surface area contributed by atoms with E-state index in [0.717, 1.165) is 36.8 Å². The minimum atomic E-state index is -0.947. The van der Waals surface area contributed by atoms with Gasteiger partial charge in [0.25, 0.3) is 0 Å². The molecule has 0 amide bonds. The van der Waals surface area contributed by atoms with E-state index in [4.69, 9.17) is 26.5 Å². The monoisotopic (exact) mass is 467 g/mol. The summed E-state index contributed by atoms with van der Waals surface area (Å²) in [6.07, 6.45) is 3.76. The molecule has 0 unspecified atom stereocenters. The Morgan fingerprint density at radius 3 is 2.27 bits per heavy atom. The second-order valence-corrected chi connectivity index (χ2v) is 8.88. The third-order valence-electron chi connectivity index (χ3n) is 6.01. The van der Waals surface area contributed by atoms with Crippen molar-refractivity contribution in [3.63, 3.8) is 0 Å². The van der Waals surface area contributed by atoms with Crippen LogP contribution in [0.1, 0.15) is 25.7 Å². The third kappa shape index (κ3) is 6.06. The minimum absolute atomic E-state index is 0.258. The van der Waals surface area contributed by atoms with E-state index in [-0.39, 0.29) is 12.3 Å². The van der Waals surface area contributed by atoms with Crippen LogP contribution in [0.2, 0.25) is 5.02 Å². The van der Waals surface area contributed by atoms with Crippen LogP contribution in [0.3, 0.4) is 0 Å². The first-order valence-corrected chi connectivity index (χ1v) is 11.5. The molecule has 2 aromatic carbocycles. The predicted molar refractivity (Wildman–Crippen MR) is 126 cm³/mol. The molecule has 4 rings (SSSR count). The topological polar surface area (TPSA) is 94.3 Å². The van der Waals surface area contributed by atoms with Gasteiger partial charge in [0.05, 0.1) is 6.61 Å². The Balaban J connectivity index is 1.54. The van der Waals surface area contributed by atoms with Crippen LogP contribution in [-0.4, -0.2) is 39.1 Å². The molecule has 8 heteroatoms. The number of carboxylic acid groups (broad SMARTS) is 1. The van der Waals surface area contributed by atoms with E-state index in [1.54, 1.807) is 12.1 Å². The molecule has 0 saturated heterocycles. The zero-order chi connectivity index (χ0) is 23.2. The quantitative estimate of drug-likeness (QED) is 0.523. The summed E-state index contributed by atoms with van der Waals surface area (Å²) >= 11 is 6.07. The number of ether oxygens (including phenoxy) is 1. The van der Waals surface area contributed by atoms with Crippen LogP contribution in [-0.2, 0) is 16.1 Å². The lowest BCUT2D eigenvalue weighted by atomic mass is 9.82. The molecular formula is C25H26ClN3O4. The van der Waals surface area contributed by atoms with Crippen LogP contribution in [0.15, 0.2) is 59.4 Å². The maximum absolute atomic E-state index is 12.9. The Hall–Kier alpha value is -3.03. The maximum Gasteiger partial charge on any atom is 0.364 e. The van der Waals surface area contributed by atoms with E-state index in [1.807, 2.05) is 42.5 Å². The van der Waals surface area contributed by atoms with E-state index in [1.165, 1.54) is 4.68 Å². The fourth-order valence-electron chi connectivity index (χ4n) is 4.27. The molecule has 1 fully saturated rings. The average Bonchev–Trinajstić information content (AvgIpc) is 2.82. The van der Waals surface area contributed by atoms with Crippen molar-refractivity contribution in [3.8, 4) is 22.5 Å². The molecule has 1 aliphatic carbocycles. The van der Waals surface area contributed by atoms with Gasteiger partial charge in [-0.2, -0.15) is 10.1 Å². The lowest BCUT2D eigenvalue weighted by Gasteiger charge is -2.28. The Labute approximate surface area is 197 Å². The molecular weight excluding hydrogens is 442 g/mol. The molecule has 1 heterocycles. The fourth-order valence-corrected chi connectivity index (χ4v) is 4.40. The van der Waals surface area contributed by atoms with Crippen LogP contribution in [0.25, 0.3) is 22.5 Å². The van der Waals surface area contributed by atoms with E-state index in [2.05, 4.69) is 4.98 Å². The number of aliphatic carboxylic acids is 1. The third-order valence-corrected chi connectivity index (χ3v) is 6.27. The number of hydrogen-bond acceptors (Lipinski definition) is 5. The molecule has 172 valence electrons. The lowest BCUT2D eigenvalue weighted by Crippen LogP contribution is -2.31. The standard InChI is InChI=1S/C25H26ClN3O4/c26-21-12-10-20(11-13-21)24-23(19-4-2-1-3-5-19)27-25(32)29(28-24)14-17-6-8-18(9-7-17)15-33-16-22(30)31/h1-5,10-13,17-18H,6-9,14-16H2,(H,30,31)/t17-,18-. The molecule has 1 N–H and O–H groups in total. The van der Waals surface area contributed by atoms with Gasteiger partial charge in [0.15, 0.2) is 0 Å². The molecule has 1 aromatic heterocycles. The van der Waals surface area contributed by atoms with Crippen LogP contribution < -0.4 is 5.69 Å². The summed E-state index contributed by atoms with van der Waals surface area (Å²) in [4.78, 5) is 27.9. The van der Waals surface area contributed by atoms with Crippen molar-refractivity contribution in [1.29, 1.82) is 0 Å². The van der Waals surface area contributed by atoms with Gasteiger partial charge in [0.2, 0.25) is 0 Å². The zero-order valence-corrected chi connectivity index (χ0v) is 18.9. The number of halogens is 1. The van der Waals surface area contributed by atoms with Crippen LogP contribution in [0.5, 0.6) is 0 Å². The van der Waals surface area contributed by atoms with Crippen LogP contribution >= 0.6 is 11.6 Å². The first-order valence-electron chi connectivity index (χ1n) is 11.1. The molecule has 1 aliphatic rings. The van der Waals surface area contributed by atoms with Crippen LogP contribution in [0, 0.1) is 11.8 Å². The van der Waals surface area contributed by atoms with Gasteiger partial charge in [0, 0.05) is 22.7 Å². The number of nitrogens with zero attached hydrogens (tertiary/aromatic N) is 3. The Morgan fingerprint density at radius 1 is 0.970 bits per heavy atom. The van der Waals surface area contributed by atoms with Gasteiger partial charge in [-0.1, -0.05) is 54.1 Å². The van der Waals surface area contributed by atoms with Crippen molar-refractivity contribution in [2.45, 2.75) is 32.2 Å². The first-order chi connectivity index (χ1) is 16.0. The van der Waals surface area contributed by atoms with Crippen molar-refractivity contribution < 1.29 is 14.6 Å². The number of rotatable bonds is 8. The fraction of sp³-hybridized carbons (Fsp3) is 0.360. The largest absolute Gasteiger partial charge is 0.480 e. The van der Waals surface area contributed by atoms with Crippen molar-refractivity contribution in [2.24, 2.45) is 11.8 Å². The van der Waals surface area contributed by atoms with E-state index >= 15 is 0 Å². The molecule has 0 radical (unpaired) electrons. The highest BCUT2D eigenvalue weighted by Crippen LogP contribution is 2.31. The second kappa shape index (κ2) is 10.7. The minimum Gasteiger partial charge on any atom is -0.480 e. The normalized spacial score (nSPS) is 18.2. The number of benzene rings is 2. The van der Waals surface area contributed by atoms with Gasteiger partial charge in [-0.15, -0.1) is 0 Å². The molecule has 7 nitrogen and oxygen atoms in total. The first kappa shape index (κ1) is 23.1. The highest BCUT2D eigenvalue weighted by molar-refractivity contribution is 6.30. The Kier molecular flexibility index (Phi) is 7.52. The number of aromatic nitrogens is 3. The summed E-state index contributed by atoms with van der Waals surface area (Å²) in [5.74, 6) is -0.279. The number of carboxylic acids is 1. The summed E-state index contributed by atoms with van der Waals surface area (Å²) in [5, 5.41) is 14.1. The summed E-state index contributed by atoms with van der Waals surface area (Å²) in [6, 6.07) is 16.9. The van der Waals surface area contributed by atoms with Gasteiger partial charge in [-0.05, 0) is 49.7 Å². The predicted octanol–water partition coefficient (Wildman–Crippen LogP) is 4.53. The highest BCUT2D eigenvalue weighted by atomic mass is 35.5. The SMILES string of the molecule is O=C(O)COC[C@H]1CC[C@H](Cn2nc(-c3ccc(Cl)cc3)c(-c3ccccc3)nc2=O)CC1. The molecule has 33 heavy (non-hydrogen) atoms. The summed E-state index contributed by atoms with van der Waals surface area (Å²) in [6.45, 7) is 0.710. The molecule has 0 aliphatic heterocycles.